The second kappa shape index (κ2) is 13.0. The van der Waals surface area contributed by atoms with Crippen LogP contribution in [0.2, 0.25) is 0 Å². The van der Waals surface area contributed by atoms with Crippen LogP contribution in [0.1, 0.15) is 112 Å². The smallest absolute Gasteiger partial charge is 0.266 e. The molecular weight excluding hydrogens is 465 g/mol. The maximum Gasteiger partial charge on any atom is 0.266 e. The standard InChI is InChI=1S/C30H39F3O3/c1-3-5-18-35-23-12-10-21(11-13-23)20-6-8-22(9-7-20)25-15-16-26(29(31)28(25)30(32)33)27-17-14-24(19-36-27)34-4-2/h10-13,15-16,20,22,24,27,30H,3-9,14,17-19H2,1-2H3. The fraction of sp³-hybridized carbons (Fsp3) is 0.600. The Morgan fingerprint density at radius 1 is 0.889 bits per heavy atom. The predicted molar refractivity (Wildman–Crippen MR) is 135 cm³/mol. The molecule has 2 unspecified atom stereocenters. The van der Waals surface area contributed by atoms with Crippen molar-refractivity contribution in [1.82, 2.24) is 0 Å². The third-order valence-electron chi connectivity index (χ3n) is 7.73. The van der Waals surface area contributed by atoms with Crippen LogP contribution in [0, 0.1) is 5.82 Å². The molecule has 0 spiro atoms. The second-order valence-corrected chi connectivity index (χ2v) is 10.1. The normalized spacial score (nSPS) is 24.7. The van der Waals surface area contributed by atoms with Gasteiger partial charge in [-0.15, -0.1) is 0 Å². The van der Waals surface area contributed by atoms with Crippen LogP contribution in [0.25, 0.3) is 0 Å². The van der Waals surface area contributed by atoms with E-state index >= 15 is 4.39 Å². The summed E-state index contributed by atoms with van der Waals surface area (Å²) in [7, 11) is 0. The molecule has 0 N–H and O–H groups in total. The van der Waals surface area contributed by atoms with Gasteiger partial charge < -0.3 is 14.2 Å². The number of hydrogen-bond acceptors (Lipinski definition) is 3. The van der Waals surface area contributed by atoms with E-state index < -0.39 is 23.9 Å². The van der Waals surface area contributed by atoms with Gasteiger partial charge in [0, 0.05) is 12.2 Å². The van der Waals surface area contributed by atoms with Crippen LogP contribution in [-0.4, -0.2) is 25.9 Å². The lowest BCUT2D eigenvalue weighted by Crippen LogP contribution is -2.28. The van der Waals surface area contributed by atoms with Crippen LogP contribution in [0.15, 0.2) is 36.4 Å². The van der Waals surface area contributed by atoms with E-state index in [1.54, 1.807) is 12.1 Å². The van der Waals surface area contributed by atoms with Gasteiger partial charge in [-0.3, -0.25) is 0 Å². The Morgan fingerprint density at radius 2 is 1.58 bits per heavy atom. The summed E-state index contributed by atoms with van der Waals surface area (Å²) >= 11 is 0. The molecule has 4 rings (SSSR count). The molecule has 2 aromatic carbocycles. The van der Waals surface area contributed by atoms with Crippen molar-refractivity contribution in [3.05, 3.63) is 64.5 Å². The summed E-state index contributed by atoms with van der Waals surface area (Å²) < 4.78 is 60.9. The summed E-state index contributed by atoms with van der Waals surface area (Å²) in [6.07, 6.45) is 3.42. The van der Waals surface area contributed by atoms with E-state index in [-0.39, 0.29) is 17.6 Å². The zero-order valence-corrected chi connectivity index (χ0v) is 21.5. The van der Waals surface area contributed by atoms with Crippen LogP contribution in [0.3, 0.4) is 0 Å². The largest absolute Gasteiger partial charge is 0.494 e. The summed E-state index contributed by atoms with van der Waals surface area (Å²) in [5.41, 5.74) is 1.54. The number of hydrogen-bond donors (Lipinski definition) is 0. The van der Waals surface area contributed by atoms with E-state index in [9.17, 15) is 8.78 Å². The van der Waals surface area contributed by atoms with Gasteiger partial charge in [-0.2, -0.15) is 0 Å². The highest BCUT2D eigenvalue weighted by molar-refractivity contribution is 5.39. The summed E-state index contributed by atoms with van der Waals surface area (Å²) in [6.45, 7) is 5.74. The van der Waals surface area contributed by atoms with Crippen molar-refractivity contribution in [3.8, 4) is 5.75 Å². The first kappa shape index (κ1) is 27.0. The molecule has 0 radical (unpaired) electrons. The Morgan fingerprint density at radius 3 is 2.19 bits per heavy atom. The van der Waals surface area contributed by atoms with Crippen LogP contribution in [-0.2, 0) is 9.47 Å². The second-order valence-electron chi connectivity index (χ2n) is 10.1. The van der Waals surface area contributed by atoms with E-state index in [1.807, 2.05) is 19.1 Å². The molecule has 1 aliphatic heterocycles. The van der Waals surface area contributed by atoms with E-state index in [2.05, 4.69) is 19.1 Å². The highest BCUT2D eigenvalue weighted by Gasteiger charge is 2.32. The Balaban J connectivity index is 1.41. The molecule has 0 amide bonds. The fourth-order valence-electron chi connectivity index (χ4n) is 5.70. The molecule has 198 valence electrons. The van der Waals surface area contributed by atoms with Gasteiger partial charge in [-0.25, -0.2) is 13.2 Å². The number of benzene rings is 2. The van der Waals surface area contributed by atoms with Gasteiger partial charge in [0.15, 0.2) is 0 Å². The van der Waals surface area contributed by atoms with Crippen molar-refractivity contribution in [3.63, 3.8) is 0 Å². The Labute approximate surface area is 213 Å². The zero-order chi connectivity index (χ0) is 25.5. The van der Waals surface area contributed by atoms with Crippen LogP contribution < -0.4 is 4.74 Å². The minimum absolute atomic E-state index is 0.0110. The van der Waals surface area contributed by atoms with Crippen molar-refractivity contribution >= 4 is 0 Å². The lowest BCUT2D eigenvalue weighted by molar-refractivity contribution is -0.0850. The summed E-state index contributed by atoms with van der Waals surface area (Å²) in [6, 6.07) is 11.7. The molecule has 0 aromatic heterocycles. The maximum absolute atomic E-state index is 15.5. The molecule has 0 bridgehead atoms. The molecule has 1 aliphatic carbocycles. The predicted octanol–water partition coefficient (Wildman–Crippen LogP) is 8.64. The molecule has 2 aromatic rings. The minimum atomic E-state index is -2.85. The third-order valence-corrected chi connectivity index (χ3v) is 7.73. The lowest BCUT2D eigenvalue weighted by atomic mass is 9.75. The quantitative estimate of drug-likeness (QED) is 0.303. The zero-order valence-electron chi connectivity index (χ0n) is 21.5. The average Bonchev–Trinajstić information content (AvgIpc) is 2.90. The number of rotatable bonds is 10. The van der Waals surface area contributed by atoms with Gasteiger partial charge in [0.2, 0.25) is 0 Å². The van der Waals surface area contributed by atoms with Crippen molar-refractivity contribution in [2.75, 3.05) is 19.8 Å². The number of alkyl halides is 2. The number of halogens is 3. The van der Waals surface area contributed by atoms with Gasteiger partial charge in [0.25, 0.3) is 6.43 Å². The van der Waals surface area contributed by atoms with Gasteiger partial charge in [0.05, 0.1) is 31.0 Å². The Kier molecular flexibility index (Phi) is 9.72. The van der Waals surface area contributed by atoms with Gasteiger partial charge >= 0.3 is 0 Å². The SMILES string of the molecule is CCCCOc1ccc(C2CCC(c3ccc(C4CCC(OCC)CO4)c(F)c3C(F)F)CC2)cc1. The molecule has 1 saturated heterocycles. The first-order chi connectivity index (χ1) is 17.5. The van der Waals surface area contributed by atoms with Gasteiger partial charge in [0.1, 0.15) is 11.6 Å². The van der Waals surface area contributed by atoms with Crippen molar-refractivity contribution < 1.29 is 27.4 Å². The Bertz CT molecular complexity index is 947. The van der Waals surface area contributed by atoms with Crippen LogP contribution >= 0.6 is 0 Å². The number of ether oxygens (including phenoxy) is 3. The van der Waals surface area contributed by atoms with E-state index in [0.29, 0.717) is 31.1 Å². The maximum atomic E-state index is 15.5. The van der Waals surface area contributed by atoms with Crippen molar-refractivity contribution in [2.45, 2.75) is 95.7 Å². The molecule has 2 fully saturated rings. The van der Waals surface area contributed by atoms with Gasteiger partial charge in [-0.05, 0) is 87.0 Å². The monoisotopic (exact) mass is 504 g/mol. The average molecular weight is 505 g/mol. The molecule has 2 atom stereocenters. The van der Waals surface area contributed by atoms with Crippen LogP contribution in [0.4, 0.5) is 13.2 Å². The summed E-state index contributed by atoms with van der Waals surface area (Å²) in [4.78, 5) is 0. The summed E-state index contributed by atoms with van der Waals surface area (Å²) in [5, 5.41) is 0. The topological polar surface area (TPSA) is 27.7 Å². The molecule has 1 heterocycles. The first-order valence-electron chi connectivity index (χ1n) is 13.6. The Hall–Kier alpha value is -2.05. The van der Waals surface area contributed by atoms with E-state index in [4.69, 9.17) is 14.2 Å². The third kappa shape index (κ3) is 6.44. The van der Waals surface area contributed by atoms with Crippen LogP contribution in [0.5, 0.6) is 5.75 Å². The van der Waals surface area contributed by atoms with E-state index in [1.165, 1.54) is 5.56 Å². The molecule has 3 nitrogen and oxygen atoms in total. The van der Waals surface area contributed by atoms with E-state index in [0.717, 1.165) is 57.3 Å². The van der Waals surface area contributed by atoms with Crippen molar-refractivity contribution in [2.24, 2.45) is 0 Å². The molecule has 1 saturated carbocycles. The first-order valence-corrected chi connectivity index (χ1v) is 13.6. The molecular formula is C30H39F3O3. The minimum Gasteiger partial charge on any atom is -0.494 e. The molecule has 2 aliphatic rings. The fourth-order valence-corrected chi connectivity index (χ4v) is 5.70. The molecule has 6 heteroatoms. The van der Waals surface area contributed by atoms with Gasteiger partial charge in [-0.1, -0.05) is 37.6 Å². The number of unbranched alkanes of at least 4 members (excludes halogenated alkanes) is 1. The molecule has 36 heavy (non-hydrogen) atoms. The highest BCUT2D eigenvalue weighted by Crippen LogP contribution is 2.45. The highest BCUT2D eigenvalue weighted by atomic mass is 19.3. The summed E-state index contributed by atoms with van der Waals surface area (Å²) in [5.74, 6) is 0.426. The lowest BCUT2D eigenvalue weighted by Gasteiger charge is -2.32. The van der Waals surface area contributed by atoms with Crippen molar-refractivity contribution in [1.29, 1.82) is 0 Å².